The van der Waals surface area contributed by atoms with E-state index in [4.69, 9.17) is 4.42 Å². The predicted molar refractivity (Wildman–Crippen MR) is 97.6 cm³/mol. The van der Waals surface area contributed by atoms with E-state index >= 15 is 0 Å². The maximum absolute atomic E-state index is 12.1. The zero-order valence-electron chi connectivity index (χ0n) is 14.1. The van der Waals surface area contributed by atoms with Gasteiger partial charge in [-0.25, -0.2) is 4.79 Å². The van der Waals surface area contributed by atoms with E-state index in [-0.39, 0.29) is 18.5 Å². The summed E-state index contributed by atoms with van der Waals surface area (Å²) in [5.41, 5.74) is 3.03. The molecule has 3 aromatic rings. The van der Waals surface area contributed by atoms with Crippen LogP contribution in [0.25, 0.3) is 11.0 Å². The highest BCUT2D eigenvalue weighted by molar-refractivity contribution is 5.92. The third-order valence-corrected chi connectivity index (χ3v) is 3.79. The minimum absolute atomic E-state index is 0.165. The van der Waals surface area contributed by atoms with Gasteiger partial charge in [-0.15, -0.1) is 0 Å². The molecule has 0 saturated carbocycles. The van der Waals surface area contributed by atoms with Crippen LogP contribution in [0.4, 0.5) is 16.2 Å². The summed E-state index contributed by atoms with van der Waals surface area (Å²) in [5.74, 6) is 0.560. The van der Waals surface area contributed by atoms with E-state index in [0.717, 1.165) is 22.3 Å². The first-order chi connectivity index (χ1) is 12.0. The van der Waals surface area contributed by atoms with Crippen LogP contribution in [0.15, 0.2) is 52.9 Å². The predicted octanol–water partition coefficient (Wildman–Crippen LogP) is 4.02. The van der Waals surface area contributed by atoms with Gasteiger partial charge in [-0.3, -0.25) is 4.79 Å². The van der Waals surface area contributed by atoms with Gasteiger partial charge in [0.1, 0.15) is 11.3 Å². The molecule has 0 saturated heterocycles. The SMILES string of the molecule is CC(=O)Nc1cccc(NC(=O)NCc2oc3ccccc3c2C)c1. The van der Waals surface area contributed by atoms with E-state index in [0.29, 0.717) is 11.4 Å². The van der Waals surface area contributed by atoms with Crippen LogP contribution in [0.3, 0.4) is 0 Å². The van der Waals surface area contributed by atoms with Crippen LogP contribution in [0, 0.1) is 6.92 Å². The van der Waals surface area contributed by atoms with E-state index in [1.54, 1.807) is 24.3 Å². The van der Waals surface area contributed by atoms with Crippen molar-refractivity contribution in [3.8, 4) is 0 Å². The molecule has 0 aliphatic heterocycles. The number of rotatable bonds is 4. The third kappa shape index (κ3) is 3.98. The molecule has 0 fully saturated rings. The lowest BCUT2D eigenvalue weighted by Gasteiger charge is -2.09. The molecule has 0 atom stereocenters. The fourth-order valence-corrected chi connectivity index (χ4v) is 2.61. The van der Waals surface area contributed by atoms with Gasteiger partial charge in [0.2, 0.25) is 5.91 Å². The number of anilines is 2. The van der Waals surface area contributed by atoms with Gasteiger partial charge >= 0.3 is 6.03 Å². The molecule has 3 amide bonds. The number of hydrogen-bond donors (Lipinski definition) is 3. The van der Waals surface area contributed by atoms with E-state index in [1.165, 1.54) is 6.92 Å². The molecule has 0 spiro atoms. The quantitative estimate of drug-likeness (QED) is 0.672. The summed E-state index contributed by atoms with van der Waals surface area (Å²) in [7, 11) is 0. The van der Waals surface area contributed by atoms with Gasteiger partial charge < -0.3 is 20.4 Å². The van der Waals surface area contributed by atoms with Gasteiger partial charge in [0.25, 0.3) is 0 Å². The average molecular weight is 337 g/mol. The average Bonchev–Trinajstić information content (AvgIpc) is 2.89. The normalized spacial score (nSPS) is 10.5. The maximum atomic E-state index is 12.1. The molecule has 128 valence electrons. The Bertz CT molecular complexity index is 931. The highest BCUT2D eigenvalue weighted by atomic mass is 16.3. The molecule has 0 bridgehead atoms. The molecule has 0 radical (unpaired) electrons. The summed E-state index contributed by atoms with van der Waals surface area (Å²) in [5, 5.41) is 9.23. The molecular weight excluding hydrogens is 318 g/mol. The second-order valence-electron chi connectivity index (χ2n) is 5.72. The number of carbonyl (C=O) groups excluding carboxylic acids is 2. The van der Waals surface area contributed by atoms with Crippen LogP contribution < -0.4 is 16.0 Å². The summed E-state index contributed by atoms with van der Waals surface area (Å²) >= 11 is 0. The first-order valence-electron chi connectivity index (χ1n) is 7.92. The summed E-state index contributed by atoms with van der Waals surface area (Å²) in [6.07, 6.45) is 0. The molecule has 0 unspecified atom stereocenters. The molecule has 1 aromatic heterocycles. The van der Waals surface area contributed by atoms with Crippen LogP contribution in [0.5, 0.6) is 0 Å². The summed E-state index contributed by atoms with van der Waals surface area (Å²) in [4.78, 5) is 23.2. The standard InChI is InChI=1S/C19H19N3O3/c1-12-16-8-3-4-9-17(16)25-18(12)11-20-19(24)22-15-7-5-6-14(10-15)21-13(2)23/h3-10H,11H2,1-2H3,(H,21,23)(H2,20,22,24). The molecule has 3 rings (SSSR count). The first kappa shape index (κ1) is 16.6. The maximum Gasteiger partial charge on any atom is 0.319 e. The van der Waals surface area contributed by atoms with Gasteiger partial charge in [0.05, 0.1) is 6.54 Å². The zero-order valence-corrected chi connectivity index (χ0v) is 14.1. The van der Waals surface area contributed by atoms with Crippen LogP contribution in [-0.2, 0) is 11.3 Å². The number of fused-ring (bicyclic) bond motifs is 1. The number of benzene rings is 2. The number of aryl methyl sites for hydroxylation is 1. The number of nitrogens with one attached hydrogen (secondary N) is 3. The van der Waals surface area contributed by atoms with Crippen molar-refractivity contribution in [2.75, 3.05) is 10.6 Å². The van der Waals surface area contributed by atoms with Gasteiger partial charge in [0, 0.05) is 29.2 Å². The van der Waals surface area contributed by atoms with Crippen molar-refractivity contribution in [1.29, 1.82) is 0 Å². The Morgan fingerprint density at radius 1 is 1.00 bits per heavy atom. The summed E-state index contributed by atoms with van der Waals surface area (Å²) < 4.78 is 5.77. The van der Waals surface area contributed by atoms with Crippen molar-refractivity contribution in [1.82, 2.24) is 5.32 Å². The lowest BCUT2D eigenvalue weighted by atomic mass is 10.1. The van der Waals surface area contributed by atoms with E-state index in [2.05, 4.69) is 16.0 Å². The summed E-state index contributed by atoms with van der Waals surface area (Å²) in [6, 6.07) is 14.4. The van der Waals surface area contributed by atoms with Crippen LogP contribution >= 0.6 is 0 Å². The number of urea groups is 1. The fraction of sp³-hybridized carbons (Fsp3) is 0.158. The minimum Gasteiger partial charge on any atom is -0.459 e. The zero-order chi connectivity index (χ0) is 17.8. The Morgan fingerprint density at radius 2 is 1.72 bits per heavy atom. The monoisotopic (exact) mass is 337 g/mol. The highest BCUT2D eigenvalue weighted by Crippen LogP contribution is 2.24. The molecule has 1 heterocycles. The molecule has 25 heavy (non-hydrogen) atoms. The van der Waals surface area contributed by atoms with Gasteiger partial charge in [0.15, 0.2) is 0 Å². The lowest BCUT2D eigenvalue weighted by Crippen LogP contribution is -2.28. The second kappa shape index (κ2) is 7.09. The van der Waals surface area contributed by atoms with E-state index in [1.807, 2.05) is 31.2 Å². The second-order valence-corrected chi connectivity index (χ2v) is 5.72. The number of amides is 3. The third-order valence-electron chi connectivity index (χ3n) is 3.79. The number of furan rings is 1. The molecule has 0 aliphatic rings. The molecule has 2 aromatic carbocycles. The molecule has 3 N–H and O–H groups in total. The highest BCUT2D eigenvalue weighted by Gasteiger charge is 2.11. The van der Waals surface area contributed by atoms with Crippen molar-refractivity contribution in [2.45, 2.75) is 20.4 Å². The van der Waals surface area contributed by atoms with Gasteiger partial charge in [-0.2, -0.15) is 0 Å². The van der Waals surface area contributed by atoms with Crippen molar-refractivity contribution >= 4 is 34.3 Å². The smallest absolute Gasteiger partial charge is 0.319 e. The van der Waals surface area contributed by atoms with Crippen molar-refractivity contribution < 1.29 is 14.0 Å². The molecular formula is C19H19N3O3. The van der Waals surface area contributed by atoms with Crippen LogP contribution in [0.2, 0.25) is 0 Å². The van der Waals surface area contributed by atoms with E-state index < -0.39 is 0 Å². The van der Waals surface area contributed by atoms with Crippen LogP contribution in [-0.4, -0.2) is 11.9 Å². The Morgan fingerprint density at radius 3 is 2.44 bits per heavy atom. The van der Waals surface area contributed by atoms with Gasteiger partial charge in [-0.05, 0) is 31.2 Å². The summed E-state index contributed by atoms with van der Waals surface area (Å²) in [6.45, 7) is 3.69. The molecule has 6 heteroatoms. The Kier molecular flexibility index (Phi) is 4.70. The van der Waals surface area contributed by atoms with Crippen molar-refractivity contribution in [3.63, 3.8) is 0 Å². The Labute approximate surface area is 145 Å². The van der Waals surface area contributed by atoms with E-state index in [9.17, 15) is 9.59 Å². The number of carbonyl (C=O) groups is 2. The fourth-order valence-electron chi connectivity index (χ4n) is 2.61. The number of para-hydroxylation sites is 1. The van der Waals surface area contributed by atoms with Gasteiger partial charge in [-0.1, -0.05) is 24.3 Å². The van der Waals surface area contributed by atoms with Crippen molar-refractivity contribution in [3.05, 3.63) is 59.9 Å². The molecule has 0 aliphatic carbocycles. The Hall–Kier alpha value is -3.28. The lowest BCUT2D eigenvalue weighted by molar-refractivity contribution is -0.114. The minimum atomic E-state index is -0.347. The number of hydrogen-bond acceptors (Lipinski definition) is 3. The van der Waals surface area contributed by atoms with Crippen LogP contribution in [0.1, 0.15) is 18.2 Å². The topological polar surface area (TPSA) is 83.4 Å². The largest absolute Gasteiger partial charge is 0.459 e. The molecule has 6 nitrogen and oxygen atoms in total. The van der Waals surface area contributed by atoms with Crippen molar-refractivity contribution in [2.24, 2.45) is 0 Å². The first-order valence-corrected chi connectivity index (χ1v) is 7.92. The Balaban J connectivity index is 1.62.